The number of imidazole rings is 1. The van der Waals surface area contributed by atoms with Gasteiger partial charge in [-0.25, -0.2) is 9.78 Å². The smallest absolute Gasteiger partial charge is 0.374 e. The molecule has 7 heteroatoms. The number of ether oxygens (including phenoxy) is 2. The monoisotopic (exact) mass is 391 g/mol. The number of esters is 2. The summed E-state index contributed by atoms with van der Waals surface area (Å²) in [4.78, 5) is 31.5. The third-order valence-corrected chi connectivity index (χ3v) is 6.12. The highest BCUT2D eigenvalue weighted by atomic mass is 16.6. The maximum absolute atomic E-state index is 12.6. The molecule has 1 aromatic heterocycles. The molecule has 0 bridgehead atoms. The van der Waals surface area contributed by atoms with Crippen LogP contribution in [0.25, 0.3) is 0 Å². The van der Waals surface area contributed by atoms with E-state index in [-0.39, 0.29) is 5.97 Å². The fourth-order valence-corrected chi connectivity index (χ4v) is 4.34. The number of rotatable bonds is 3. The number of nitrogens with zero attached hydrogens (tertiary/aromatic N) is 3. The summed E-state index contributed by atoms with van der Waals surface area (Å²) in [6, 6.07) is 0.437. The lowest BCUT2D eigenvalue weighted by molar-refractivity contribution is -0.169. The Bertz CT molecular complexity index is 754. The van der Waals surface area contributed by atoms with Crippen LogP contribution in [0, 0.1) is 5.41 Å². The van der Waals surface area contributed by atoms with Gasteiger partial charge in [0.15, 0.2) is 0 Å². The predicted octanol–water partition coefficient (Wildman–Crippen LogP) is 2.86. The van der Waals surface area contributed by atoms with Gasteiger partial charge in [-0.2, -0.15) is 0 Å². The molecule has 2 aliphatic rings. The van der Waals surface area contributed by atoms with Crippen molar-refractivity contribution in [3.63, 3.8) is 0 Å². The lowest BCUT2D eigenvalue weighted by Crippen LogP contribution is -2.46. The normalized spacial score (nSPS) is 25.9. The Kier molecular flexibility index (Phi) is 5.58. The molecule has 2 heterocycles. The highest BCUT2D eigenvalue weighted by molar-refractivity contribution is 5.85. The van der Waals surface area contributed by atoms with Gasteiger partial charge in [-0.3, -0.25) is 9.69 Å². The molecule has 0 amide bonds. The van der Waals surface area contributed by atoms with Gasteiger partial charge in [0.25, 0.3) is 0 Å². The summed E-state index contributed by atoms with van der Waals surface area (Å²) >= 11 is 0. The van der Waals surface area contributed by atoms with Crippen LogP contribution in [0.5, 0.6) is 0 Å². The average molecular weight is 392 g/mol. The van der Waals surface area contributed by atoms with Crippen LogP contribution in [-0.4, -0.2) is 51.7 Å². The Labute approximate surface area is 167 Å². The van der Waals surface area contributed by atoms with Crippen LogP contribution in [0.4, 0.5) is 0 Å². The zero-order chi connectivity index (χ0) is 20.7. The summed E-state index contributed by atoms with van der Waals surface area (Å²) in [6.45, 7) is 9.48. The first-order valence-electron chi connectivity index (χ1n) is 10.1. The van der Waals surface area contributed by atoms with Gasteiger partial charge in [0.1, 0.15) is 5.60 Å². The van der Waals surface area contributed by atoms with Gasteiger partial charge in [0.2, 0.25) is 5.82 Å². The molecule has 0 unspecified atom stereocenters. The first kappa shape index (κ1) is 20.8. The van der Waals surface area contributed by atoms with E-state index < -0.39 is 17.0 Å². The number of carbonyl (C=O) groups is 2. The van der Waals surface area contributed by atoms with Crippen LogP contribution >= 0.6 is 0 Å². The average Bonchev–Trinajstić information content (AvgIpc) is 2.96. The number of hydrogen-bond acceptors (Lipinski definition) is 6. The molecule has 1 aromatic rings. The largest absolute Gasteiger partial charge is 0.463 e. The SMILES string of the molecule is COC(=O)c1nc2c(n1C)CCN(C1CCC(C)(C(=O)OC(C)(C)C)CC1)C2. The first-order chi connectivity index (χ1) is 13.0. The van der Waals surface area contributed by atoms with Gasteiger partial charge >= 0.3 is 11.9 Å². The summed E-state index contributed by atoms with van der Waals surface area (Å²) in [7, 11) is 3.26. The quantitative estimate of drug-likeness (QED) is 0.738. The molecule has 1 saturated carbocycles. The highest BCUT2D eigenvalue weighted by Crippen LogP contribution is 2.40. The highest BCUT2D eigenvalue weighted by Gasteiger charge is 2.42. The summed E-state index contributed by atoms with van der Waals surface area (Å²) in [5, 5.41) is 0. The van der Waals surface area contributed by atoms with Gasteiger partial charge < -0.3 is 14.0 Å². The number of fused-ring (bicyclic) bond motifs is 1. The number of aromatic nitrogens is 2. The second-order valence-corrected chi connectivity index (χ2v) is 9.39. The number of methoxy groups -OCH3 is 1. The molecule has 156 valence electrons. The minimum atomic E-state index is -0.448. The third-order valence-electron chi connectivity index (χ3n) is 6.12. The van der Waals surface area contributed by atoms with Crippen LogP contribution < -0.4 is 0 Å². The van der Waals surface area contributed by atoms with Crippen LogP contribution in [0.3, 0.4) is 0 Å². The summed E-state index contributed by atoms with van der Waals surface area (Å²) in [5.41, 5.74) is 1.24. The van der Waals surface area contributed by atoms with Crippen molar-refractivity contribution in [1.82, 2.24) is 14.5 Å². The molecular weight excluding hydrogens is 358 g/mol. The molecule has 1 fully saturated rings. The minimum Gasteiger partial charge on any atom is -0.463 e. The topological polar surface area (TPSA) is 73.7 Å². The van der Waals surface area contributed by atoms with Crippen LogP contribution in [0.2, 0.25) is 0 Å². The maximum atomic E-state index is 12.6. The Morgan fingerprint density at radius 2 is 1.86 bits per heavy atom. The molecule has 3 rings (SSSR count). The van der Waals surface area contributed by atoms with E-state index in [0.717, 1.165) is 56.6 Å². The van der Waals surface area contributed by atoms with E-state index in [9.17, 15) is 9.59 Å². The standard InChI is InChI=1S/C21H33N3O4/c1-20(2,3)28-19(26)21(4)10-7-14(8-11-21)24-12-9-16-15(13-24)22-17(23(16)5)18(25)27-6/h14H,7-13H2,1-6H3. The van der Waals surface area contributed by atoms with E-state index in [1.807, 2.05) is 39.3 Å². The van der Waals surface area contributed by atoms with E-state index in [1.54, 1.807) is 0 Å². The van der Waals surface area contributed by atoms with Crippen molar-refractivity contribution in [3.05, 3.63) is 17.2 Å². The molecule has 0 saturated heterocycles. The lowest BCUT2D eigenvalue weighted by atomic mass is 9.73. The molecule has 0 spiro atoms. The van der Waals surface area contributed by atoms with Crippen LogP contribution in [0.15, 0.2) is 0 Å². The fourth-order valence-electron chi connectivity index (χ4n) is 4.34. The van der Waals surface area contributed by atoms with E-state index in [0.29, 0.717) is 11.9 Å². The van der Waals surface area contributed by atoms with Gasteiger partial charge in [0, 0.05) is 38.3 Å². The van der Waals surface area contributed by atoms with Crippen molar-refractivity contribution < 1.29 is 19.1 Å². The zero-order valence-corrected chi connectivity index (χ0v) is 18.0. The molecular formula is C21H33N3O4. The van der Waals surface area contributed by atoms with Gasteiger partial charge in [-0.1, -0.05) is 0 Å². The third kappa shape index (κ3) is 4.09. The van der Waals surface area contributed by atoms with Crippen LogP contribution in [0.1, 0.15) is 75.4 Å². The number of carbonyl (C=O) groups excluding carboxylic acids is 2. The van der Waals surface area contributed by atoms with E-state index >= 15 is 0 Å². The number of hydrogen-bond donors (Lipinski definition) is 0. The summed E-state index contributed by atoms with van der Waals surface area (Å²) < 4.78 is 12.3. The van der Waals surface area contributed by atoms with Crippen molar-refractivity contribution in [2.45, 2.75) is 78.0 Å². The molecule has 0 atom stereocenters. The van der Waals surface area contributed by atoms with Crippen LogP contribution in [-0.2, 0) is 34.3 Å². The van der Waals surface area contributed by atoms with E-state index in [4.69, 9.17) is 9.47 Å². The van der Waals surface area contributed by atoms with Crippen molar-refractivity contribution >= 4 is 11.9 Å². The van der Waals surface area contributed by atoms with E-state index in [2.05, 4.69) is 9.88 Å². The maximum Gasteiger partial charge on any atom is 0.374 e. The van der Waals surface area contributed by atoms with Crippen molar-refractivity contribution in [1.29, 1.82) is 0 Å². The van der Waals surface area contributed by atoms with Gasteiger partial charge in [0.05, 0.1) is 18.2 Å². The molecule has 0 aromatic carbocycles. The van der Waals surface area contributed by atoms with Crippen molar-refractivity contribution in [2.24, 2.45) is 12.5 Å². The molecule has 28 heavy (non-hydrogen) atoms. The van der Waals surface area contributed by atoms with E-state index in [1.165, 1.54) is 7.11 Å². The molecule has 0 N–H and O–H groups in total. The second-order valence-electron chi connectivity index (χ2n) is 9.39. The Morgan fingerprint density at radius 3 is 2.43 bits per heavy atom. The Hall–Kier alpha value is -1.89. The minimum absolute atomic E-state index is 0.0770. The first-order valence-corrected chi connectivity index (χ1v) is 10.1. The van der Waals surface area contributed by atoms with Gasteiger partial charge in [-0.15, -0.1) is 0 Å². The Balaban J connectivity index is 1.63. The van der Waals surface area contributed by atoms with Crippen molar-refractivity contribution in [3.8, 4) is 0 Å². The molecule has 1 aliphatic heterocycles. The molecule has 7 nitrogen and oxygen atoms in total. The summed E-state index contributed by atoms with van der Waals surface area (Å²) in [6.07, 6.45) is 4.50. The lowest BCUT2D eigenvalue weighted by Gasteiger charge is -2.42. The zero-order valence-electron chi connectivity index (χ0n) is 18.0. The van der Waals surface area contributed by atoms with Crippen molar-refractivity contribution in [2.75, 3.05) is 13.7 Å². The van der Waals surface area contributed by atoms with Gasteiger partial charge in [-0.05, 0) is 53.4 Å². The second kappa shape index (κ2) is 7.50. The molecule has 1 aliphatic carbocycles. The predicted molar refractivity (Wildman–Crippen MR) is 105 cm³/mol. The Morgan fingerprint density at radius 1 is 1.21 bits per heavy atom. The fraction of sp³-hybridized carbons (Fsp3) is 0.762. The summed E-state index contributed by atoms with van der Waals surface area (Å²) in [5.74, 6) is -0.100. The molecule has 0 radical (unpaired) electrons.